The Morgan fingerprint density at radius 3 is 2.35 bits per heavy atom. The van der Waals surface area contributed by atoms with Crippen LogP contribution in [0.2, 0.25) is 0 Å². The van der Waals surface area contributed by atoms with Crippen LogP contribution in [0, 0.1) is 0 Å². The van der Waals surface area contributed by atoms with Gasteiger partial charge in [0.1, 0.15) is 6.54 Å². The van der Waals surface area contributed by atoms with Gasteiger partial charge < -0.3 is 16.0 Å². The van der Waals surface area contributed by atoms with Gasteiger partial charge in [-0.1, -0.05) is 30.3 Å². The quantitative estimate of drug-likeness (QED) is 0.367. The van der Waals surface area contributed by atoms with Crippen LogP contribution in [0.1, 0.15) is 33.3 Å². The van der Waals surface area contributed by atoms with Crippen molar-refractivity contribution >= 4 is 35.8 Å². The first kappa shape index (κ1) is 21.7. The van der Waals surface area contributed by atoms with Gasteiger partial charge in [0.15, 0.2) is 5.96 Å². The number of hydrogen-bond donors (Lipinski definition) is 3. The molecule has 0 aromatic heterocycles. The summed E-state index contributed by atoms with van der Waals surface area (Å²) < 4.78 is 0. The molecule has 0 aliphatic heterocycles. The second-order valence-corrected chi connectivity index (χ2v) is 6.16. The van der Waals surface area contributed by atoms with Crippen LogP contribution in [0.15, 0.2) is 35.3 Å². The monoisotopic (exact) mass is 432 g/mol. The van der Waals surface area contributed by atoms with E-state index in [-0.39, 0.29) is 42.0 Å². The van der Waals surface area contributed by atoms with Gasteiger partial charge in [0, 0.05) is 18.6 Å². The molecule has 0 spiro atoms. The molecule has 5 nitrogen and oxygen atoms in total. The molecule has 0 fully saturated rings. The smallest absolute Gasteiger partial charge is 0.241 e. The molecule has 1 amide bonds. The van der Waals surface area contributed by atoms with Crippen molar-refractivity contribution in [3.05, 3.63) is 35.9 Å². The van der Waals surface area contributed by atoms with Gasteiger partial charge in [-0.15, -0.1) is 24.0 Å². The van der Waals surface area contributed by atoms with E-state index in [9.17, 15) is 4.79 Å². The molecule has 0 aliphatic carbocycles. The molecule has 0 unspecified atom stereocenters. The Morgan fingerprint density at radius 2 is 1.78 bits per heavy atom. The standard InChI is InChI=1S/C17H28N4O.HI/c1-5-18-16(21-17(2,3)4)20-13-15(22)19-12-11-14-9-7-6-8-10-14;/h6-10H,5,11-13H2,1-4H3,(H,19,22)(H2,18,20,21);1H. The Kier molecular flexibility index (Phi) is 10.6. The maximum absolute atomic E-state index is 11.8. The van der Waals surface area contributed by atoms with E-state index in [1.165, 1.54) is 5.56 Å². The molecule has 1 rings (SSSR count). The minimum Gasteiger partial charge on any atom is -0.357 e. The molecule has 0 saturated carbocycles. The van der Waals surface area contributed by atoms with Crippen LogP contribution in [-0.2, 0) is 11.2 Å². The number of guanidine groups is 1. The van der Waals surface area contributed by atoms with Crippen LogP contribution >= 0.6 is 24.0 Å². The number of carbonyl (C=O) groups excluding carboxylic acids is 1. The fourth-order valence-electron chi connectivity index (χ4n) is 1.86. The highest BCUT2D eigenvalue weighted by molar-refractivity contribution is 14.0. The van der Waals surface area contributed by atoms with Crippen molar-refractivity contribution in [2.75, 3.05) is 19.6 Å². The molecule has 1 aromatic carbocycles. The van der Waals surface area contributed by atoms with Crippen LogP contribution in [0.3, 0.4) is 0 Å². The number of benzene rings is 1. The molecule has 0 saturated heterocycles. The van der Waals surface area contributed by atoms with Crippen LogP contribution in [0.25, 0.3) is 0 Å². The average Bonchev–Trinajstić information content (AvgIpc) is 2.45. The van der Waals surface area contributed by atoms with Crippen molar-refractivity contribution in [3.8, 4) is 0 Å². The molecule has 6 heteroatoms. The lowest BCUT2D eigenvalue weighted by molar-refractivity contribution is -0.119. The van der Waals surface area contributed by atoms with Gasteiger partial charge in [-0.2, -0.15) is 0 Å². The molecule has 0 radical (unpaired) electrons. The van der Waals surface area contributed by atoms with E-state index in [0.717, 1.165) is 13.0 Å². The Balaban J connectivity index is 0.00000484. The van der Waals surface area contributed by atoms with Crippen molar-refractivity contribution in [2.24, 2.45) is 4.99 Å². The maximum Gasteiger partial charge on any atom is 0.241 e. The van der Waals surface area contributed by atoms with Crippen molar-refractivity contribution in [2.45, 2.75) is 39.7 Å². The summed E-state index contributed by atoms with van der Waals surface area (Å²) in [6, 6.07) is 10.1. The molecule has 1 aromatic rings. The lowest BCUT2D eigenvalue weighted by Gasteiger charge is -2.23. The van der Waals surface area contributed by atoms with E-state index in [0.29, 0.717) is 12.5 Å². The minimum atomic E-state index is -0.0925. The van der Waals surface area contributed by atoms with Crippen LogP contribution in [0.4, 0.5) is 0 Å². The summed E-state index contributed by atoms with van der Waals surface area (Å²) in [6.07, 6.45) is 0.830. The molecule has 0 bridgehead atoms. The number of aliphatic imine (C=N–C) groups is 1. The number of hydrogen-bond acceptors (Lipinski definition) is 2. The summed E-state index contributed by atoms with van der Waals surface area (Å²) in [5.74, 6) is 0.593. The molecular weight excluding hydrogens is 403 g/mol. The fraction of sp³-hybridized carbons (Fsp3) is 0.529. The normalized spacial score (nSPS) is 11.4. The lowest BCUT2D eigenvalue weighted by Crippen LogP contribution is -2.48. The van der Waals surface area contributed by atoms with E-state index in [1.54, 1.807) is 0 Å². The van der Waals surface area contributed by atoms with E-state index in [1.807, 2.05) is 25.1 Å². The molecule has 0 aliphatic rings. The Hall–Kier alpha value is -1.31. The van der Waals surface area contributed by atoms with Gasteiger partial charge in [0.25, 0.3) is 0 Å². The van der Waals surface area contributed by atoms with Crippen molar-refractivity contribution in [3.63, 3.8) is 0 Å². The average molecular weight is 432 g/mol. The van der Waals surface area contributed by atoms with Gasteiger partial charge in [-0.3, -0.25) is 4.79 Å². The highest BCUT2D eigenvalue weighted by Crippen LogP contribution is 1.99. The van der Waals surface area contributed by atoms with E-state index in [2.05, 4.69) is 53.8 Å². The van der Waals surface area contributed by atoms with E-state index in [4.69, 9.17) is 0 Å². The van der Waals surface area contributed by atoms with Crippen LogP contribution in [0.5, 0.6) is 0 Å². The lowest BCUT2D eigenvalue weighted by atomic mass is 10.1. The first-order valence-corrected chi connectivity index (χ1v) is 7.78. The van der Waals surface area contributed by atoms with Gasteiger partial charge >= 0.3 is 0 Å². The van der Waals surface area contributed by atoms with Gasteiger partial charge in [-0.05, 0) is 39.7 Å². The highest BCUT2D eigenvalue weighted by atomic mass is 127. The van der Waals surface area contributed by atoms with Crippen LogP contribution in [-0.4, -0.2) is 37.0 Å². The van der Waals surface area contributed by atoms with Crippen molar-refractivity contribution in [1.29, 1.82) is 0 Å². The number of carbonyl (C=O) groups is 1. The predicted molar refractivity (Wildman–Crippen MR) is 107 cm³/mol. The molecule has 23 heavy (non-hydrogen) atoms. The van der Waals surface area contributed by atoms with Crippen molar-refractivity contribution in [1.82, 2.24) is 16.0 Å². The minimum absolute atomic E-state index is 0. The third kappa shape index (κ3) is 11.0. The predicted octanol–water partition coefficient (Wildman–Crippen LogP) is 2.32. The molecule has 0 heterocycles. The Bertz CT molecular complexity index is 483. The summed E-state index contributed by atoms with van der Waals surface area (Å²) in [5.41, 5.74) is 1.12. The summed E-state index contributed by atoms with van der Waals surface area (Å²) in [5, 5.41) is 9.28. The number of nitrogens with zero attached hydrogens (tertiary/aromatic N) is 1. The molecule has 3 N–H and O–H groups in total. The molecule has 130 valence electrons. The summed E-state index contributed by atoms with van der Waals surface area (Å²) in [4.78, 5) is 16.1. The first-order chi connectivity index (χ1) is 10.4. The van der Waals surface area contributed by atoms with E-state index >= 15 is 0 Å². The van der Waals surface area contributed by atoms with Gasteiger partial charge in [-0.25, -0.2) is 4.99 Å². The first-order valence-electron chi connectivity index (χ1n) is 7.78. The summed E-state index contributed by atoms with van der Waals surface area (Å²) in [7, 11) is 0. The maximum atomic E-state index is 11.8. The number of amides is 1. The zero-order valence-electron chi connectivity index (χ0n) is 14.5. The largest absolute Gasteiger partial charge is 0.357 e. The molecule has 0 atom stereocenters. The second kappa shape index (κ2) is 11.3. The Morgan fingerprint density at radius 1 is 1.13 bits per heavy atom. The summed E-state index contributed by atoms with van der Waals surface area (Å²) >= 11 is 0. The number of nitrogens with one attached hydrogen (secondary N) is 3. The van der Waals surface area contributed by atoms with E-state index < -0.39 is 0 Å². The fourth-order valence-corrected chi connectivity index (χ4v) is 1.86. The Labute approximate surface area is 156 Å². The van der Waals surface area contributed by atoms with Crippen molar-refractivity contribution < 1.29 is 4.79 Å². The van der Waals surface area contributed by atoms with Gasteiger partial charge in [0.2, 0.25) is 5.91 Å². The number of rotatable bonds is 6. The third-order valence-corrected chi connectivity index (χ3v) is 2.80. The van der Waals surface area contributed by atoms with Crippen LogP contribution < -0.4 is 16.0 Å². The third-order valence-electron chi connectivity index (χ3n) is 2.80. The SMILES string of the molecule is CCNC(=NCC(=O)NCCc1ccccc1)NC(C)(C)C.I. The number of halogens is 1. The van der Waals surface area contributed by atoms with Gasteiger partial charge in [0.05, 0.1) is 0 Å². The zero-order chi connectivity index (χ0) is 16.4. The second-order valence-electron chi connectivity index (χ2n) is 6.16. The topological polar surface area (TPSA) is 65.5 Å². The highest BCUT2D eigenvalue weighted by Gasteiger charge is 2.12. The molecular formula is C17H29IN4O. The summed E-state index contributed by atoms with van der Waals surface area (Å²) in [6.45, 7) is 9.68. The zero-order valence-corrected chi connectivity index (χ0v) is 16.8.